The third-order valence-electron chi connectivity index (χ3n) is 5.45. The van der Waals surface area contributed by atoms with Crippen LogP contribution >= 0.6 is 0 Å². The summed E-state index contributed by atoms with van der Waals surface area (Å²) in [5.41, 5.74) is 5.90. The molecule has 120 valence electrons. The lowest BCUT2D eigenvalue weighted by Crippen LogP contribution is -2.60. The molecule has 0 aliphatic carbocycles. The molecule has 0 aromatic heterocycles. The third kappa shape index (κ3) is 1.79. The Balaban J connectivity index is 2.31. The van der Waals surface area contributed by atoms with E-state index in [2.05, 4.69) is 4.99 Å². The summed E-state index contributed by atoms with van der Waals surface area (Å²) in [7, 11) is -3.44. The van der Waals surface area contributed by atoms with Crippen molar-refractivity contribution in [1.82, 2.24) is 0 Å². The van der Waals surface area contributed by atoms with Crippen molar-refractivity contribution in [3.8, 4) is 0 Å². The molecule has 1 saturated heterocycles. The molecular formula is C16H21FN2O2S. The highest BCUT2D eigenvalue weighted by Gasteiger charge is 2.59. The summed E-state index contributed by atoms with van der Waals surface area (Å²) in [6.07, 6.45) is 1.88. The minimum Gasteiger partial charge on any atom is -0.399 e. The third-order valence-corrected chi connectivity index (χ3v) is 8.65. The Morgan fingerprint density at radius 2 is 2.05 bits per heavy atom. The lowest BCUT2D eigenvalue weighted by Gasteiger charge is -2.49. The highest BCUT2D eigenvalue weighted by molar-refractivity contribution is 7.94. The predicted molar refractivity (Wildman–Crippen MR) is 86.2 cm³/mol. The Morgan fingerprint density at radius 1 is 1.36 bits per heavy atom. The summed E-state index contributed by atoms with van der Waals surface area (Å²) in [6.45, 7) is 5.19. The molecule has 3 atom stereocenters. The van der Waals surface area contributed by atoms with Crippen LogP contribution in [0, 0.1) is 5.82 Å². The number of hydrogen-bond donors (Lipinski definition) is 1. The molecule has 0 saturated carbocycles. The molecule has 2 aliphatic rings. The van der Waals surface area contributed by atoms with Crippen LogP contribution in [0.5, 0.6) is 0 Å². The molecule has 6 heteroatoms. The summed E-state index contributed by atoms with van der Waals surface area (Å²) < 4.78 is 39.6. The van der Waals surface area contributed by atoms with Crippen molar-refractivity contribution in [2.75, 3.05) is 5.73 Å². The van der Waals surface area contributed by atoms with Gasteiger partial charge in [0, 0.05) is 17.0 Å². The van der Waals surface area contributed by atoms with E-state index in [-0.39, 0.29) is 5.56 Å². The van der Waals surface area contributed by atoms with Crippen LogP contribution in [-0.4, -0.2) is 24.1 Å². The molecule has 2 N–H and O–H groups in total. The monoisotopic (exact) mass is 324 g/mol. The Bertz CT molecular complexity index is 774. The van der Waals surface area contributed by atoms with Gasteiger partial charge in [-0.05, 0) is 51.8 Å². The average Bonchev–Trinajstić information content (AvgIpc) is 2.42. The zero-order valence-electron chi connectivity index (χ0n) is 13.1. The lowest BCUT2D eigenvalue weighted by atomic mass is 9.81. The van der Waals surface area contributed by atoms with Crippen LogP contribution in [0.15, 0.2) is 23.2 Å². The molecular weight excluding hydrogens is 303 g/mol. The smallest absolute Gasteiger partial charge is 0.166 e. The minimum atomic E-state index is -3.44. The molecule has 22 heavy (non-hydrogen) atoms. The maximum atomic E-state index is 14.4. The number of benzene rings is 1. The van der Waals surface area contributed by atoms with E-state index in [0.717, 1.165) is 6.42 Å². The van der Waals surface area contributed by atoms with Crippen molar-refractivity contribution in [3.05, 3.63) is 29.6 Å². The minimum absolute atomic E-state index is 0.268. The van der Waals surface area contributed by atoms with Crippen molar-refractivity contribution in [2.24, 2.45) is 4.99 Å². The second-order valence-corrected chi connectivity index (χ2v) is 9.30. The Morgan fingerprint density at radius 3 is 2.73 bits per heavy atom. The van der Waals surface area contributed by atoms with Crippen LogP contribution in [0.25, 0.3) is 0 Å². The summed E-state index contributed by atoms with van der Waals surface area (Å²) in [4.78, 5) is 4.68. The zero-order valence-corrected chi connectivity index (χ0v) is 13.9. The quantitative estimate of drug-likeness (QED) is 0.807. The van der Waals surface area contributed by atoms with Crippen molar-refractivity contribution in [3.63, 3.8) is 0 Å². The topological polar surface area (TPSA) is 72.5 Å². The van der Waals surface area contributed by atoms with Crippen LogP contribution in [0.2, 0.25) is 0 Å². The second kappa shape index (κ2) is 4.54. The van der Waals surface area contributed by atoms with E-state index in [0.29, 0.717) is 24.2 Å². The molecule has 1 aromatic carbocycles. The van der Waals surface area contributed by atoms with Gasteiger partial charge in [0.05, 0.1) is 5.25 Å². The molecule has 3 rings (SSSR count). The van der Waals surface area contributed by atoms with E-state index >= 15 is 0 Å². The van der Waals surface area contributed by atoms with Crippen molar-refractivity contribution < 1.29 is 12.8 Å². The van der Waals surface area contributed by atoms with Crippen LogP contribution < -0.4 is 5.73 Å². The van der Waals surface area contributed by atoms with Crippen LogP contribution in [-0.2, 0) is 15.4 Å². The first kappa shape index (κ1) is 15.5. The Labute approximate surface area is 130 Å². The summed E-state index contributed by atoms with van der Waals surface area (Å²) >= 11 is 0. The molecule has 0 radical (unpaired) electrons. The normalized spacial score (nSPS) is 36.7. The van der Waals surface area contributed by atoms with E-state index in [4.69, 9.17) is 5.73 Å². The Kier molecular flexibility index (Phi) is 3.19. The second-order valence-electron chi connectivity index (χ2n) is 6.74. The van der Waals surface area contributed by atoms with E-state index in [1.54, 1.807) is 20.8 Å². The highest BCUT2D eigenvalue weighted by atomic mass is 32.2. The number of rotatable bonds is 1. The first-order chi connectivity index (χ1) is 10.1. The van der Waals surface area contributed by atoms with Crippen molar-refractivity contribution in [1.29, 1.82) is 0 Å². The van der Waals surface area contributed by atoms with E-state index < -0.39 is 31.2 Å². The maximum absolute atomic E-state index is 14.4. The van der Waals surface area contributed by atoms with Gasteiger partial charge < -0.3 is 5.73 Å². The molecule has 0 unspecified atom stereocenters. The van der Waals surface area contributed by atoms with E-state index in [1.165, 1.54) is 18.2 Å². The molecule has 0 amide bonds. The number of nitrogen functional groups attached to an aromatic ring is 1. The maximum Gasteiger partial charge on any atom is 0.166 e. The van der Waals surface area contributed by atoms with E-state index in [9.17, 15) is 12.8 Å². The number of nitrogens with two attached hydrogens (primary N) is 1. The fraction of sp³-hybridized carbons (Fsp3) is 0.562. The van der Waals surface area contributed by atoms with Gasteiger partial charge in [-0.3, -0.25) is 4.99 Å². The number of sulfone groups is 1. The van der Waals surface area contributed by atoms with Gasteiger partial charge in [-0.1, -0.05) is 6.42 Å². The molecule has 2 aliphatic heterocycles. The first-order valence-electron chi connectivity index (χ1n) is 7.49. The molecule has 1 fully saturated rings. The number of halogens is 1. The SMILES string of the molecule is CC1=N[C@](C)(c2cc(N)ccc2F)[C@@H]2CCC[C@@]1(C)S2(=O)=O. The van der Waals surface area contributed by atoms with Crippen LogP contribution in [0.3, 0.4) is 0 Å². The van der Waals surface area contributed by atoms with Gasteiger partial charge >= 0.3 is 0 Å². The lowest BCUT2D eigenvalue weighted by molar-refractivity contribution is 0.356. The molecule has 1 aromatic rings. The van der Waals surface area contributed by atoms with Crippen molar-refractivity contribution >= 4 is 21.2 Å². The van der Waals surface area contributed by atoms with Crippen molar-refractivity contribution in [2.45, 2.75) is 55.6 Å². The average molecular weight is 324 g/mol. The van der Waals surface area contributed by atoms with Gasteiger partial charge in [0.1, 0.15) is 16.1 Å². The van der Waals surface area contributed by atoms with Gasteiger partial charge in [0.15, 0.2) is 9.84 Å². The number of fused-ring (bicyclic) bond motifs is 2. The predicted octanol–water partition coefficient (Wildman–Crippen LogP) is 2.82. The van der Waals surface area contributed by atoms with Gasteiger partial charge in [-0.15, -0.1) is 0 Å². The van der Waals surface area contributed by atoms with Gasteiger partial charge in [-0.25, -0.2) is 12.8 Å². The molecule has 2 heterocycles. The fourth-order valence-electron chi connectivity index (χ4n) is 3.91. The van der Waals surface area contributed by atoms with Gasteiger partial charge in [0.25, 0.3) is 0 Å². The summed E-state index contributed by atoms with van der Waals surface area (Å²) in [5, 5.41) is -0.709. The summed E-state index contributed by atoms with van der Waals surface area (Å²) in [5.74, 6) is -0.461. The first-order valence-corrected chi connectivity index (χ1v) is 9.03. The van der Waals surface area contributed by atoms with Crippen LogP contribution in [0.4, 0.5) is 10.1 Å². The van der Waals surface area contributed by atoms with Gasteiger partial charge in [0.2, 0.25) is 0 Å². The van der Waals surface area contributed by atoms with Crippen LogP contribution in [0.1, 0.15) is 45.6 Å². The highest BCUT2D eigenvalue weighted by Crippen LogP contribution is 2.50. The number of anilines is 1. The Hall–Kier alpha value is -1.43. The fourth-order valence-corrected chi connectivity index (χ4v) is 6.68. The number of nitrogens with zero attached hydrogens (tertiary/aromatic N) is 1. The molecule has 4 nitrogen and oxygen atoms in total. The standard InChI is InChI=1S/C16H21FN2O2S/c1-10-15(2)8-4-5-14(22(15,20)21)16(3,19-10)12-9-11(18)6-7-13(12)17/h6-7,9,14H,4-5,8,18H2,1-3H3/t14-,15+,16+/m0/s1. The number of hydrogen-bond acceptors (Lipinski definition) is 4. The summed E-state index contributed by atoms with van der Waals surface area (Å²) in [6, 6.07) is 4.27. The number of aliphatic imine (C=N–C) groups is 1. The molecule has 2 bridgehead atoms. The van der Waals surface area contributed by atoms with Gasteiger partial charge in [-0.2, -0.15) is 0 Å². The largest absolute Gasteiger partial charge is 0.399 e. The zero-order chi connectivity index (χ0) is 16.3. The van der Waals surface area contributed by atoms with E-state index in [1.807, 2.05) is 0 Å². The molecule has 0 spiro atoms.